The second-order valence-electron chi connectivity index (χ2n) is 8.76. The number of aromatic nitrogens is 2. The molecule has 9 heteroatoms. The van der Waals surface area contributed by atoms with Crippen LogP contribution in [0.15, 0.2) is 30.3 Å². The first kappa shape index (κ1) is 23.0. The molecule has 0 radical (unpaired) electrons. The number of rotatable bonds is 5. The summed E-state index contributed by atoms with van der Waals surface area (Å²) in [6.45, 7) is 10.2. The third kappa shape index (κ3) is 5.99. The summed E-state index contributed by atoms with van der Waals surface area (Å²) in [5.74, 6) is 3.62. The van der Waals surface area contributed by atoms with Crippen molar-refractivity contribution in [1.82, 2.24) is 15.3 Å². The average Bonchev–Trinajstić information content (AvgIpc) is 2.78. The number of morpholine rings is 1. The van der Waals surface area contributed by atoms with Gasteiger partial charge in [0.15, 0.2) is 5.11 Å². The van der Waals surface area contributed by atoms with Gasteiger partial charge in [0.25, 0.3) is 0 Å². The molecular weight excluding hydrogens is 444 g/mol. The number of hydrogen-bond acceptors (Lipinski definition) is 6. The van der Waals surface area contributed by atoms with E-state index in [-0.39, 0.29) is 0 Å². The van der Waals surface area contributed by atoms with E-state index in [4.69, 9.17) is 38.5 Å². The Bertz CT molecular complexity index is 928. The molecule has 2 aliphatic heterocycles. The number of thiocarbonyl (C=S) groups is 1. The number of nitrogens with one attached hydrogen (secondary N) is 2. The molecule has 0 saturated carbocycles. The molecule has 2 aromatic rings. The van der Waals surface area contributed by atoms with Gasteiger partial charge in [-0.3, -0.25) is 0 Å². The highest BCUT2D eigenvalue weighted by atomic mass is 35.5. The van der Waals surface area contributed by atoms with Crippen LogP contribution in [0.2, 0.25) is 5.02 Å². The molecule has 2 fully saturated rings. The van der Waals surface area contributed by atoms with E-state index in [0.29, 0.717) is 47.7 Å². The number of benzene rings is 1. The van der Waals surface area contributed by atoms with Crippen molar-refractivity contribution in [2.24, 2.45) is 11.8 Å². The van der Waals surface area contributed by atoms with Crippen molar-refractivity contribution in [3.8, 4) is 0 Å². The van der Waals surface area contributed by atoms with Crippen molar-refractivity contribution >= 4 is 46.5 Å². The summed E-state index contributed by atoms with van der Waals surface area (Å²) >= 11 is 11.8. The smallest absolute Gasteiger partial charge is 0.232 e. The van der Waals surface area contributed by atoms with Gasteiger partial charge in [-0.25, -0.2) is 0 Å². The Hall–Kier alpha value is -2.16. The largest absolute Gasteiger partial charge is 0.378 e. The van der Waals surface area contributed by atoms with Crippen LogP contribution < -0.4 is 20.4 Å². The lowest BCUT2D eigenvalue weighted by Gasteiger charge is -2.36. The summed E-state index contributed by atoms with van der Waals surface area (Å²) in [5.41, 5.74) is 0.985. The van der Waals surface area contributed by atoms with E-state index in [1.165, 1.54) is 6.42 Å². The highest BCUT2D eigenvalue weighted by Crippen LogP contribution is 2.28. The molecule has 32 heavy (non-hydrogen) atoms. The molecule has 1 aromatic heterocycles. The second-order valence-corrected chi connectivity index (χ2v) is 9.57. The topological polar surface area (TPSA) is 65.6 Å². The van der Waals surface area contributed by atoms with Gasteiger partial charge in [-0.1, -0.05) is 43.6 Å². The molecule has 1 aromatic carbocycles. The van der Waals surface area contributed by atoms with Gasteiger partial charge in [0.05, 0.1) is 13.2 Å². The van der Waals surface area contributed by atoms with Gasteiger partial charge >= 0.3 is 0 Å². The molecule has 2 saturated heterocycles. The van der Waals surface area contributed by atoms with Gasteiger partial charge in [-0.2, -0.15) is 9.97 Å². The first-order valence-electron chi connectivity index (χ1n) is 11.2. The first-order chi connectivity index (χ1) is 15.5. The van der Waals surface area contributed by atoms with Crippen LogP contribution in [0.3, 0.4) is 0 Å². The van der Waals surface area contributed by atoms with Crippen molar-refractivity contribution in [3.05, 3.63) is 40.9 Å². The molecule has 3 heterocycles. The number of anilines is 3. The molecule has 0 unspecified atom stereocenters. The number of nitrogens with zero attached hydrogens (tertiary/aromatic N) is 4. The van der Waals surface area contributed by atoms with Gasteiger partial charge in [0.2, 0.25) is 5.95 Å². The maximum Gasteiger partial charge on any atom is 0.232 e. The third-order valence-electron chi connectivity index (χ3n) is 5.85. The predicted octanol–water partition coefficient (Wildman–Crippen LogP) is 3.94. The van der Waals surface area contributed by atoms with E-state index in [1.807, 2.05) is 24.3 Å². The molecule has 2 atom stereocenters. The first-order valence-corrected chi connectivity index (χ1v) is 12.0. The Morgan fingerprint density at radius 1 is 1.09 bits per heavy atom. The van der Waals surface area contributed by atoms with E-state index in [9.17, 15) is 0 Å². The van der Waals surface area contributed by atoms with Crippen LogP contribution in [0.25, 0.3) is 0 Å². The lowest BCUT2D eigenvalue weighted by Crippen LogP contribution is -2.40. The van der Waals surface area contributed by atoms with Crippen LogP contribution in [-0.4, -0.2) is 54.5 Å². The fraction of sp³-hybridized carbons (Fsp3) is 0.522. The Kier molecular flexibility index (Phi) is 7.65. The fourth-order valence-electron chi connectivity index (χ4n) is 4.41. The highest BCUT2D eigenvalue weighted by molar-refractivity contribution is 7.80. The monoisotopic (exact) mass is 474 g/mol. The van der Waals surface area contributed by atoms with Crippen LogP contribution in [0.5, 0.6) is 0 Å². The molecule has 0 spiro atoms. The minimum Gasteiger partial charge on any atom is -0.378 e. The molecule has 0 aliphatic carbocycles. The zero-order valence-corrected chi connectivity index (χ0v) is 20.3. The Labute approximate surface area is 200 Å². The van der Waals surface area contributed by atoms with E-state index >= 15 is 0 Å². The third-order valence-corrected chi connectivity index (χ3v) is 6.46. The van der Waals surface area contributed by atoms with Crippen molar-refractivity contribution in [1.29, 1.82) is 0 Å². The molecule has 0 amide bonds. The number of piperidine rings is 1. The predicted molar refractivity (Wildman–Crippen MR) is 135 cm³/mol. The fourth-order valence-corrected chi connectivity index (χ4v) is 4.77. The maximum atomic E-state index is 6.26. The van der Waals surface area contributed by atoms with Crippen LogP contribution in [-0.2, 0) is 11.3 Å². The maximum absolute atomic E-state index is 6.26. The van der Waals surface area contributed by atoms with E-state index < -0.39 is 0 Å². The molecule has 4 rings (SSSR count). The molecule has 2 aliphatic rings. The van der Waals surface area contributed by atoms with Crippen molar-refractivity contribution in [2.45, 2.75) is 26.8 Å². The quantitative estimate of drug-likeness (QED) is 0.632. The van der Waals surface area contributed by atoms with Crippen LogP contribution in [0.4, 0.5) is 17.6 Å². The Morgan fingerprint density at radius 3 is 2.44 bits per heavy atom. The second kappa shape index (κ2) is 10.6. The zero-order chi connectivity index (χ0) is 22.5. The van der Waals surface area contributed by atoms with E-state index in [2.05, 4.69) is 40.3 Å². The SMILES string of the molecule is C[C@@H]1C[C@@H](C)CN(c2cc(N3CCOCC3)nc(NC(=S)NCc3ccccc3Cl)n2)C1. The summed E-state index contributed by atoms with van der Waals surface area (Å²) in [4.78, 5) is 14.2. The number of ether oxygens (including phenoxy) is 1. The van der Waals surface area contributed by atoms with Crippen molar-refractivity contribution in [3.63, 3.8) is 0 Å². The van der Waals surface area contributed by atoms with E-state index in [1.54, 1.807) is 0 Å². The van der Waals surface area contributed by atoms with Gasteiger partial charge in [0.1, 0.15) is 11.6 Å². The lowest BCUT2D eigenvalue weighted by atomic mass is 9.92. The van der Waals surface area contributed by atoms with Crippen LogP contribution in [0.1, 0.15) is 25.8 Å². The summed E-state index contributed by atoms with van der Waals surface area (Å²) in [7, 11) is 0. The van der Waals surface area contributed by atoms with Crippen molar-refractivity contribution < 1.29 is 4.74 Å². The molecule has 7 nitrogen and oxygen atoms in total. The summed E-state index contributed by atoms with van der Waals surface area (Å²) in [6.07, 6.45) is 1.25. The number of hydrogen-bond donors (Lipinski definition) is 2. The molecular formula is C23H31ClN6OS. The lowest BCUT2D eigenvalue weighted by molar-refractivity contribution is 0.122. The van der Waals surface area contributed by atoms with Gasteiger partial charge in [-0.05, 0) is 42.1 Å². The molecule has 2 N–H and O–H groups in total. The average molecular weight is 475 g/mol. The van der Waals surface area contributed by atoms with Crippen LogP contribution in [0, 0.1) is 11.8 Å². The summed E-state index contributed by atoms with van der Waals surface area (Å²) < 4.78 is 5.52. The minimum atomic E-state index is 0.468. The number of halogens is 1. The standard InChI is InChI=1S/C23H31ClN6OS/c1-16-11-17(2)15-30(14-16)21-12-20(29-7-9-31-10-8-29)26-22(27-21)28-23(32)25-13-18-5-3-4-6-19(18)24/h3-6,12,16-17H,7-11,13-15H2,1-2H3,(H2,25,26,27,28,32)/t16-,17-/m1/s1. The highest BCUT2D eigenvalue weighted by Gasteiger charge is 2.25. The van der Waals surface area contributed by atoms with Gasteiger partial charge in [0, 0.05) is 43.8 Å². The van der Waals surface area contributed by atoms with Crippen molar-refractivity contribution in [2.75, 3.05) is 54.5 Å². The van der Waals surface area contributed by atoms with E-state index in [0.717, 1.165) is 43.4 Å². The summed E-state index contributed by atoms with van der Waals surface area (Å²) in [5, 5.41) is 7.57. The minimum absolute atomic E-state index is 0.468. The van der Waals surface area contributed by atoms with Gasteiger partial charge in [-0.15, -0.1) is 0 Å². The molecule has 0 bridgehead atoms. The molecule has 172 valence electrons. The zero-order valence-electron chi connectivity index (χ0n) is 18.7. The Morgan fingerprint density at radius 2 is 1.75 bits per heavy atom. The van der Waals surface area contributed by atoms with Crippen LogP contribution >= 0.6 is 23.8 Å². The summed E-state index contributed by atoms with van der Waals surface area (Å²) in [6, 6.07) is 9.82. The normalized spacial score (nSPS) is 21.3. The van der Waals surface area contributed by atoms with Gasteiger partial charge < -0.3 is 25.2 Å². The Balaban J connectivity index is 1.51.